The Kier molecular flexibility index (Phi) is 7.94. The van der Waals surface area contributed by atoms with Crippen molar-refractivity contribution in [2.75, 3.05) is 27.2 Å². The number of rotatable bonds is 7. The monoisotopic (exact) mass is 392 g/mol. The molecule has 1 heterocycles. The zero-order chi connectivity index (χ0) is 18.9. The molecule has 140 valence electrons. The topological polar surface area (TPSA) is 56.7 Å². The molecule has 0 saturated carbocycles. The van der Waals surface area contributed by atoms with E-state index in [0.717, 1.165) is 35.4 Å². The Morgan fingerprint density at radius 1 is 1.31 bits per heavy atom. The Bertz CT molecular complexity index is 760. The number of guanidine groups is 1. The fourth-order valence-corrected chi connectivity index (χ4v) is 3.66. The fourth-order valence-electron chi connectivity index (χ4n) is 2.52. The molecule has 2 N–H and O–H groups in total. The van der Waals surface area contributed by atoms with Gasteiger partial charge in [0.05, 0.1) is 10.9 Å². The van der Waals surface area contributed by atoms with Crippen molar-refractivity contribution in [2.24, 2.45) is 4.99 Å². The van der Waals surface area contributed by atoms with Gasteiger partial charge in [0.15, 0.2) is 5.96 Å². The fraction of sp³-hybridized carbons (Fsp3) is 0.368. The molecular formula is C19H25ClN4OS. The highest BCUT2D eigenvalue weighted by Crippen LogP contribution is 2.22. The smallest absolute Gasteiger partial charge is 0.251 e. The Hall–Kier alpha value is -2.05. The van der Waals surface area contributed by atoms with Crippen LogP contribution < -0.4 is 10.6 Å². The Labute approximate surface area is 164 Å². The van der Waals surface area contributed by atoms with Gasteiger partial charge < -0.3 is 15.5 Å². The summed E-state index contributed by atoms with van der Waals surface area (Å²) >= 11 is 7.59. The number of carbonyl (C=O) groups excluding carboxylic acids is 1. The summed E-state index contributed by atoms with van der Waals surface area (Å²) in [6.07, 6.45) is 0.776. The van der Waals surface area contributed by atoms with Crippen LogP contribution in [0, 0.1) is 0 Å². The minimum atomic E-state index is -0.0713. The lowest BCUT2D eigenvalue weighted by atomic mass is 10.1. The second kappa shape index (κ2) is 10.2. The molecule has 0 aliphatic heterocycles. The highest BCUT2D eigenvalue weighted by Gasteiger charge is 2.08. The molecular weight excluding hydrogens is 368 g/mol. The van der Waals surface area contributed by atoms with E-state index < -0.39 is 0 Å². The van der Waals surface area contributed by atoms with Gasteiger partial charge in [-0.25, -0.2) is 0 Å². The molecule has 0 saturated heterocycles. The van der Waals surface area contributed by atoms with Crippen LogP contribution >= 0.6 is 22.9 Å². The van der Waals surface area contributed by atoms with Crippen LogP contribution in [0.4, 0.5) is 0 Å². The lowest BCUT2D eigenvalue weighted by molar-refractivity contribution is 0.0963. The molecule has 0 aliphatic carbocycles. The number of hydrogen-bond acceptors (Lipinski definition) is 3. The number of benzene rings is 1. The van der Waals surface area contributed by atoms with Crippen LogP contribution in [-0.4, -0.2) is 44.0 Å². The molecule has 0 spiro atoms. The van der Waals surface area contributed by atoms with Gasteiger partial charge in [0, 0.05) is 37.6 Å². The van der Waals surface area contributed by atoms with Crippen molar-refractivity contribution in [3.63, 3.8) is 0 Å². The molecule has 1 aromatic heterocycles. The first-order valence-electron chi connectivity index (χ1n) is 8.58. The van der Waals surface area contributed by atoms with Crippen molar-refractivity contribution in [2.45, 2.75) is 19.9 Å². The second-order valence-corrected chi connectivity index (χ2v) is 7.63. The number of amides is 1. The van der Waals surface area contributed by atoms with Gasteiger partial charge in [-0.3, -0.25) is 9.79 Å². The molecule has 0 aliphatic rings. The minimum absolute atomic E-state index is 0.0713. The van der Waals surface area contributed by atoms with Crippen molar-refractivity contribution in [1.82, 2.24) is 15.5 Å². The van der Waals surface area contributed by atoms with Gasteiger partial charge in [0.1, 0.15) is 0 Å². The minimum Gasteiger partial charge on any atom is -0.357 e. The highest BCUT2D eigenvalue weighted by atomic mass is 35.5. The summed E-state index contributed by atoms with van der Waals surface area (Å²) < 4.78 is 0.798. The maximum atomic E-state index is 11.7. The predicted molar refractivity (Wildman–Crippen MR) is 110 cm³/mol. The zero-order valence-corrected chi connectivity index (χ0v) is 17.0. The maximum absolute atomic E-state index is 11.7. The van der Waals surface area contributed by atoms with Crippen LogP contribution in [0.15, 0.2) is 41.4 Å². The van der Waals surface area contributed by atoms with Gasteiger partial charge in [-0.05, 0) is 43.2 Å². The molecule has 1 aromatic carbocycles. The number of nitrogens with one attached hydrogen (secondary N) is 2. The molecule has 5 nitrogen and oxygen atoms in total. The van der Waals surface area contributed by atoms with E-state index in [2.05, 4.69) is 22.5 Å². The van der Waals surface area contributed by atoms with Gasteiger partial charge in [-0.2, -0.15) is 0 Å². The van der Waals surface area contributed by atoms with Gasteiger partial charge in [-0.15, -0.1) is 11.3 Å². The van der Waals surface area contributed by atoms with E-state index in [9.17, 15) is 4.79 Å². The number of hydrogen-bond donors (Lipinski definition) is 2. The van der Waals surface area contributed by atoms with Crippen LogP contribution in [0.2, 0.25) is 4.34 Å². The summed E-state index contributed by atoms with van der Waals surface area (Å²) in [6, 6.07) is 11.6. The van der Waals surface area contributed by atoms with Gasteiger partial charge >= 0.3 is 0 Å². The van der Waals surface area contributed by atoms with E-state index in [-0.39, 0.29) is 5.91 Å². The largest absolute Gasteiger partial charge is 0.357 e. The molecule has 0 bridgehead atoms. The van der Waals surface area contributed by atoms with Gasteiger partial charge in [0.25, 0.3) is 5.91 Å². The summed E-state index contributed by atoms with van der Waals surface area (Å²) in [5.74, 6) is 0.789. The SMILES string of the molecule is CCNC(=NCCc1cccc(C(=O)NC)c1)N(C)Cc1ccc(Cl)s1. The summed E-state index contributed by atoms with van der Waals surface area (Å²) in [5, 5.41) is 5.97. The van der Waals surface area contributed by atoms with Crippen LogP contribution in [0.1, 0.15) is 27.7 Å². The van der Waals surface area contributed by atoms with E-state index >= 15 is 0 Å². The third kappa shape index (κ3) is 6.04. The number of halogens is 1. The Balaban J connectivity index is 1.99. The lowest BCUT2D eigenvalue weighted by Gasteiger charge is -2.21. The van der Waals surface area contributed by atoms with E-state index in [1.54, 1.807) is 18.4 Å². The molecule has 26 heavy (non-hydrogen) atoms. The van der Waals surface area contributed by atoms with Crippen LogP contribution in [0.5, 0.6) is 0 Å². The maximum Gasteiger partial charge on any atom is 0.251 e. The van der Waals surface area contributed by atoms with Gasteiger partial charge in [-0.1, -0.05) is 23.7 Å². The molecule has 1 amide bonds. The van der Waals surface area contributed by atoms with Crippen LogP contribution in [0.25, 0.3) is 0 Å². The van der Waals surface area contributed by atoms with Crippen LogP contribution in [0.3, 0.4) is 0 Å². The van der Waals surface area contributed by atoms with E-state index in [0.29, 0.717) is 12.1 Å². The first kappa shape index (κ1) is 20.3. The number of aliphatic imine (C=N–C) groups is 1. The predicted octanol–water partition coefficient (Wildman–Crippen LogP) is 3.40. The zero-order valence-electron chi connectivity index (χ0n) is 15.4. The second-order valence-electron chi connectivity index (χ2n) is 5.83. The number of nitrogens with zero attached hydrogens (tertiary/aromatic N) is 2. The normalized spacial score (nSPS) is 11.3. The summed E-state index contributed by atoms with van der Waals surface area (Å²) in [7, 11) is 3.65. The van der Waals surface area contributed by atoms with Crippen molar-refractivity contribution in [1.29, 1.82) is 0 Å². The number of thiophene rings is 1. The van der Waals surface area contributed by atoms with Crippen LogP contribution in [-0.2, 0) is 13.0 Å². The van der Waals surface area contributed by atoms with Crippen molar-refractivity contribution in [3.05, 3.63) is 56.7 Å². The van der Waals surface area contributed by atoms with E-state index in [1.807, 2.05) is 43.4 Å². The third-order valence-corrected chi connectivity index (χ3v) is 5.01. The summed E-state index contributed by atoms with van der Waals surface area (Å²) in [4.78, 5) is 19.7. The van der Waals surface area contributed by atoms with E-state index in [1.165, 1.54) is 4.88 Å². The molecule has 2 rings (SSSR count). The Morgan fingerprint density at radius 3 is 2.77 bits per heavy atom. The van der Waals surface area contributed by atoms with E-state index in [4.69, 9.17) is 16.6 Å². The third-order valence-electron chi connectivity index (χ3n) is 3.80. The number of carbonyl (C=O) groups is 1. The summed E-state index contributed by atoms with van der Waals surface area (Å²) in [6.45, 7) is 4.27. The van der Waals surface area contributed by atoms with Crippen molar-refractivity contribution in [3.8, 4) is 0 Å². The first-order valence-corrected chi connectivity index (χ1v) is 9.77. The quantitative estimate of drug-likeness (QED) is 0.560. The molecule has 0 fully saturated rings. The first-order chi connectivity index (χ1) is 12.5. The highest BCUT2D eigenvalue weighted by molar-refractivity contribution is 7.16. The summed E-state index contributed by atoms with van der Waals surface area (Å²) in [5.41, 5.74) is 1.77. The molecule has 0 unspecified atom stereocenters. The standard InChI is InChI=1S/C19H25ClN4OS/c1-4-22-19(24(3)13-16-8-9-17(20)26-16)23-11-10-14-6-5-7-15(12-14)18(25)21-2/h5-9,12H,4,10-11,13H2,1-3H3,(H,21,25)(H,22,23). The molecule has 2 aromatic rings. The Morgan fingerprint density at radius 2 is 2.12 bits per heavy atom. The molecule has 0 atom stereocenters. The van der Waals surface area contributed by atoms with Crippen molar-refractivity contribution < 1.29 is 4.79 Å². The van der Waals surface area contributed by atoms with Crippen molar-refractivity contribution >= 4 is 34.8 Å². The average Bonchev–Trinajstić information content (AvgIpc) is 3.05. The van der Waals surface area contributed by atoms with Gasteiger partial charge in [0.2, 0.25) is 0 Å². The molecule has 7 heteroatoms. The average molecular weight is 393 g/mol. The lowest BCUT2D eigenvalue weighted by Crippen LogP contribution is -2.38. The molecule has 0 radical (unpaired) electrons.